The van der Waals surface area contributed by atoms with Crippen LogP contribution in [-0.2, 0) is 12.8 Å². The second-order valence-electron chi connectivity index (χ2n) is 3.83. The maximum absolute atomic E-state index is 5.38. The molecule has 0 aliphatic heterocycles. The minimum Gasteiger partial charge on any atom is -0.496 e. The van der Waals surface area contributed by atoms with Crippen LogP contribution in [-0.4, -0.2) is 20.2 Å². The number of nitrogens with one attached hydrogen (secondary N) is 1. The van der Waals surface area contributed by atoms with Crippen molar-refractivity contribution in [3.8, 4) is 5.75 Å². The van der Waals surface area contributed by atoms with Crippen LogP contribution in [0.2, 0.25) is 0 Å². The summed E-state index contributed by atoms with van der Waals surface area (Å²) in [5.74, 6) is 1.04. The maximum Gasteiger partial charge on any atom is 0.122 e. The lowest BCUT2D eigenvalue weighted by Gasteiger charge is -2.25. The molecule has 1 atom stereocenters. The molecule has 0 heterocycles. The van der Waals surface area contributed by atoms with Crippen LogP contribution in [0.25, 0.3) is 0 Å². The van der Waals surface area contributed by atoms with Gasteiger partial charge in [-0.1, -0.05) is 12.1 Å². The van der Waals surface area contributed by atoms with E-state index in [1.165, 1.54) is 17.5 Å². The molecule has 1 aliphatic rings. The van der Waals surface area contributed by atoms with Crippen LogP contribution in [0.15, 0.2) is 18.2 Å². The monoisotopic (exact) mass is 191 g/mol. The van der Waals surface area contributed by atoms with Gasteiger partial charge in [-0.2, -0.15) is 0 Å². The van der Waals surface area contributed by atoms with E-state index in [4.69, 9.17) is 4.74 Å². The van der Waals surface area contributed by atoms with E-state index < -0.39 is 0 Å². The second kappa shape index (κ2) is 4.01. The van der Waals surface area contributed by atoms with Crippen molar-refractivity contribution in [2.45, 2.75) is 25.3 Å². The molecule has 1 aromatic rings. The zero-order chi connectivity index (χ0) is 9.97. The van der Waals surface area contributed by atoms with Crippen molar-refractivity contribution in [3.05, 3.63) is 29.3 Å². The molecular weight excluding hydrogens is 174 g/mol. The van der Waals surface area contributed by atoms with Gasteiger partial charge in [0.2, 0.25) is 0 Å². The second-order valence-corrected chi connectivity index (χ2v) is 3.83. The number of likely N-dealkylation sites (N-methyl/N-ethyl adjacent to an activating group) is 1. The van der Waals surface area contributed by atoms with Gasteiger partial charge in [0.15, 0.2) is 0 Å². The summed E-state index contributed by atoms with van der Waals surface area (Å²) in [6, 6.07) is 6.96. The van der Waals surface area contributed by atoms with Crippen molar-refractivity contribution < 1.29 is 4.74 Å². The smallest absolute Gasteiger partial charge is 0.122 e. The van der Waals surface area contributed by atoms with Crippen molar-refractivity contribution in [1.82, 2.24) is 5.32 Å². The average molecular weight is 191 g/mol. The maximum atomic E-state index is 5.38. The average Bonchev–Trinajstić information content (AvgIpc) is 2.27. The summed E-state index contributed by atoms with van der Waals surface area (Å²) in [7, 11) is 3.78. The summed E-state index contributed by atoms with van der Waals surface area (Å²) in [5, 5.41) is 3.34. The Morgan fingerprint density at radius 2 is 2.29 bits per heavy atom. The Kier molecular flexibility index (Phi) is 2.73. The standard InChI is InChI=1S/C12H17NO/c1-13-10-7-6-9-4-3-5-12(14-2)11(9)8-10/h3-5,10,13H,6-8H2,1-2H3. The molecule has 1 N–H and O–H groups in total. The fourth-order valence-corrected chi connectivity index (χ4v) is 2.19. The first kappa shape index (κ1) is 9.53. The largest absolute Gasteiger partial charge is 0.496 e. The summed E-state index contributed by atoms with van der Waals surface area (Å²) in [5.41, 5.74) is 2.84. The summed E-state index contributed by atoms with van der Waals surface area (Å²) in [4.78, 5) is 0. The van der Waals surface area contributed by atoms with Gasteiger partial charge in [0.25, 0.3) is 0 Å². The first-order chi connectivity index (χ1) is 6.85. The predicted octanol–water partition coefficient (Wildman–Crippen LogP) is 1.77. The number of rotatable bonds is 2. The number of fused-ring (bicyclic) bond motifs is 1. The summed E-state index contributed by atoms with van der Waals surface area (Å²) >= 11 is 0. The molecule has 0 amide bonds. The predicted molar refractivity (Wildman–Crippen MR) is 57.9 cm³/mol. The molecule has 76 valence electrons. The zero-order valence-corrected chi connectivity index (χ0v) is 8.84. The molecule has 2 nitrogen and oxygen atoms in total. The van der Waals surface area contributed by atoms with Crippen molar-refractivity contribution in [2.75, 3.05) is 14.2 Å². The van der Waals surface area contributed by atoms with Gasteiger partial charge in [0.1, 0.15) is 5.75 Å². The highest BCUT2D eigenvalue weighted by Gasteiger charge is 2.19. The van der Waals surface area contributed by atoms with Crippen molar-refractivity contribution >= 4 is 0 Å². The molecule has 1 aromatic carbocycles. The number of hydrogen-bond acceptors (Lipinski definition) is 2. The molecule has 14 heavy (non-hydrogen) atoms. The Labute approximate surface area is 85.3 Å². The number of ether oxygens (including phenoxy) is 1. The molecule has 0 bridgehead atoms. The van der Waals surface area contributed by atoms with Crippen molar-refractivity contribution in [1.29, 1.82) is 0 Å². The molecular formula is C12H17NO. The van der Waals surface area contributed by atoms with Gasteiger partial charge in [-0.15, -0.1) is 0 Å². The fraction of sp³-hybridized carbons (Fsp3) is 0.500. The van der Waals surface area contributed by atoms with Crippen LogP contribution in [0.4, 0.5) is 0 Å². The topological polar surface area (TPSA) is 21.3 Å². The van der Waals surface area contributed by atoms with Gasteiger partial charge in [-0.3, -0.25) is 0 Å². The zero-order valence-electron chi connectivity index (χ0n) is 8.84. The molecule has 0 radical (unpaired) electrons. The molecule has 0 saturated heterocycles. The Bertz CT molecular complexity index is 308. The minimum atomic E-state index is 0.610. The fourth-order valence-electron chi connectivity index (χ4n) is 2.19. The Morgan fingerprint density at radius 3 is 3.00 bits per heavy atom. The van der Waals surface area contributed by atoms with Crippen LogP contribution in [0.5, 0.6) is 5.75 Å². The van der Waals surface area contributed by atoms with Crippen LogP contribution in [0.1, 0.15) is 17.5 Å². The van der Waals surface area contributed by atoms with Crippen LogP contribution in [0, 0.1) is 0 Å². The van der Waals surface area contributed by atoms with Crippen LogP contribution in [0.3, 0.4) is 0 Å². The highest BCUT2D eigenvalue weighted by atomic mass is 16.5. The van der Waals surface area contributed by atoms with Gasteiger partial charge < -0.3 is 10.1 Å². The number of hydrogen-bond donors (Lipinski definition) is 1. The van der Waals surface area contributed by atoms with Gasteiger partial charge in [-0.05, 0) is 43.5 Å². The van der Waals surface area contributed by atoms with Crippen molar-refractivity contribution in [3.63, 3.8) is 0 Å². The third kappa shape index (κ3) is 1.62. The van der Waals surface area contributed by atoms with E-state index in [9.17, 15) is 0 Å². The van der Waals surface area contributed by atoms with E-state index in [1.54, 1.807) is 7.11 Å². The van der Waals surface area contributed by atoms with E-state index in [0.29, 0.717) is 6.04 Å². The van der Waals surface area contributed by atoms with E-state index >= 15 is 0 Å². The highest BCUT2D eigenvalue weighted by molar-refractivity contribution is 5.42. The normalized spacial score (nSPS) is 20.3. The first-order valence-corrected chi connectivity index (χ1v) is 5.17. The third-order valence-electron chi connectivity index (χ3n) is 3.07. The molecule has 0 spiro atoms. The van der Waals surface area contributed by atoms with E-state index in [0.717, 1.165) is 18.6 Å². The highest BCUT2D eigenvalue weighted by Crippen LogP contribution is 2.29. The Hall–Kier alpha value is -1.02. The lowest BCUT2D eigenvalue weighted by Crippen LogP contribution is -2.31. The molecule has 0 saturated carbocycles. The SMILES string of the molecule is CNC1CCc2cccc(OC)c2C1. The molecule has 0 fully saturated rings. The Morgan fingerprint density at radius 1 is 1.43 bits per heavy atom. The van der Waals surface area contributed by atoms with E-state index in [2.05, 4.69) is 23.5 Å². The number of benzene rings is 1. The first-order valence-electron chi connectivity index (χ1n) is 5.17. The quantitative estimate of drug-likeness (QED) is 0.769. The van der Waals surface area contributed by atoms with Crippen LogP contribution < -0.4 is 10.1 Å². The lowest BCUT2D eigenvalue weighted by molar-refractivity contribution is 0.398. The molecule has 1 aliphatic carbocycles. The van der Waals surface area contributed by atoms with Gasteiger partial charge in [0, 0.05) is 6.04 Å². The lowest BCUT2D eigenvalue weighted by atomic mass is 9.88. The van der Waals surface area contributed by atoms with E-state index in [1.807, 2.05) is 7.05 Å². The summed E-state index contributed by atoms with van der Waals surface area (Å²) in [6.07, 6.45) is 3.49. The van der Waals surface area contributed by atoms with Gasteiger partial charge >= 0.3 is 0 Å². The number of aryl methyl sites for hydroxylation is 1. The Balaban J connectivity index is 2.33. The van der Waals surface area contributed by atoms with Crippen molar-refractivity contribution in [2.24, 2.45) is 0 Å². The van der Waals surface area contributed by atoms with Gasteiger partial charge in [0.05, 0.1) is 7.11 Å². The number of methoxy groups -OCH3 is 1. The van der Waals surface area contributed by atoms with Gasteiger partial charge in [-0.25, -0.2) is 0 Å². The molecule has 2 rings (SSSR count). The molecule has 1 unspecified atom stereocenters. The van der Waals surface area contributed by atoms with E-state index in [-0.39, 0.29) is 0 Å². The molecule has 2 heteroatoms. The van der Waals surface area contributed by atoms with Crippen LogP contribution >= 0.6 is 0 Å². The minimum absolute atomic E-state index is 0.610. The molecule has 0 aromatic heterocycles. The summed E-state index contributed by atoms with van der Waals surface area (Å²) in [6.45, 7) is 0. The third-order valence-corrected chi connectivity index (χ3v) is 3.07. The summed E-state index contributed by atoms with van der Waals surface area (Å²) < 4.78 is 5.38.